The molecule has 1 saturated heterocycles. The van der Waals surface area contributed by atoms with Gasteiger partial charge in [0.15, 0.2) is 0 Å². The fourth-order valence-electron chi connectivity index (χ4n) is 3.33. The second-order valence-electron chi connectivity index (χ2n) is 6.49. The minimum Gasteiger partial charge on any atom is -0.318 e. The molecule has 140 valence electrons. The molecule has 0 N–H and O–H groups in total. The number of thioether (sulfide) groups is 1. The topological polar surface area (TPSA) is 42.3 Å². The Balaban J connectivity index is 1.70. The number of para-hydroxylation sites is 1. The number of anilines is 1. The Labute approximate surface area is 166 Å². The van der Waals surface area contributed by atoms with Crippen molar-refractivity contribution in [3.63, 3.8) is 0 Å². The summed E-state index contributed by atoms with van der Waals surface area (Å²) in [5.74, 6) is -0.617. The van der Waals surface area contributed by atoms with Gasteiger partial charge in [0.05, 0.1) is 10.6 Å². The maximum atomic E-state index is 13.2. The van der Waals surface area contributed by atoms with Crippen molar-refractivity contribution in [3.8, 4) is 5.69 Å². The Bertz CT molecular complexity index is 1100. The predicted octanol–water partition coefficient (Wildman–Crippen LogP) is 5.47. The van der Waals surface area contributed by atoms with E-state index in [4.69, 9.17) is 0 Å². The minimum absolute atomic E-state index is 0.291. The van der Waals surface area contributed by atoms with Gasteiger partial charge in [0.2, 0.25) is 0 Å². The summed E-state index contributed by atoms with van der Waals surface area (Å²) < 4.78 is 15.2. The SMILES string of the molecule is Cc1cc(C=C2SC(=O)N(c3ccccc3)C2=O)c(C)n1-c1ccc(F)cc1. The van der Waals surface area contributed by atoms with E-state index in [0.29, 0.717) is 10.6 Å². The van der Waals surface area contributed by atoms with Crippen molar-refractivity contribution in [2.24, 2.45) is 0 Å². The number of amides is 2. The molecule has 6 heteroatoms. The first-order chi connectivity index (χ1) is 13.5. The number of carbonyl (C=O) groups excluding carboxylic acids is 2. The van der Waals surface area contributed by atoms with Gasteiger partial charge in [0.1, 0.15) is 5.82 Å². The number of benzene rings is 2. The van der Waals surface area contributed by atoms with Crippen LogP contribution in [0, 0.1) is 19.7 Å². The molecule has 0 radical (unpaired) electrons. The highest BCUT2D eigenvalue weighted by atomic mass is 32.2. The number of carbonyl (C=O) groups is 2. The second-order valence-corrected chi connectivity index (χ2v) is 7.48. The Morgan fingerprint density at radius 2 is 1.61 bits per heavy atom. The van der Waals surface area contributed by atoms with E-state index in [2.05, 4.69) is 0 Å². The van der Waals surface area contributed by atoms with Gasteiger partial charge in [-0.15, -0.1) is 0 Å². The second kappa shape index (κ2) is 7.13. The maximum absolute atomic E-state index is 13.2. The van der Waals surface area contributed by atoms with E-state index >= 15 is 0 Å². The number of hydrogen-bond acceptors (Lipinski definition) is 3. The normalized spacial score (nSPS) is 15.7. The monoisotopic (exact) mass is 392 g/mol. The van der Waals surface area contributed by atoms with Crippen molar-refractivity contribution < 1.29 is 14.0 Å². The fraction of sp³-hybridized carbons (Fsp3) is 0.0909. The molecule has 0 saturated carbocycles. The van der Waals surface area contributed by atoms with E-state index in [1.165, 1.54) is 17.0 Å². The molecule has 3 aromatic rings. The molecule has 2 amide bonds. The highest BCUT2D eigenvalue weighted by Crippen LogP contribution is 2.36. The van der Waals surface area contributed by atoms with Crippen LogP contribution < -0.4 is 4.90 Å². The predicted molar refractivity (Wildman–Crippen MR) is 110 cm³/mol. The molecule has 4 rings (SSSR count). The van der Waals surface area contributed by atoms with Crippen LogP contribution in [0.4, 0.5) is 14.9 Å². The Kier molecular flexibility index (Phi) is 4.65. The summed E-state index contributed by atoms with van der Waals surface area (Å²) in [6, 6.07) is 17.1. The lowest BCUT2D eigenvalue weighted by Gasteiger charge is -2.11. The van der Waals surface area contributed by atoms with Crippen LogP contribution in [0.5, 0.6) is 0 Å². The van der Waals surface area contributed by atoms with Crippen LogP contribution in [0.1, 0.15) is 17.0 Å². The molecule has 1 aromatic heterocycles. The Morgan fingerprint density at radius 1 is 0.929 bits per heavy atom. The van der Waals surface area contributed by atoms with Crippen molar-refractivity contribution in [3.05, 3.63) is 88.3 Å². The number of nitrogens with zero attached hydrogens (tertiary/aromatic N) is 2. The quantitative estimate of drug-likeness (QED) is 0.555. The van der Waals surface area contributed by atoms with Crippen LogP contribution in [0.15, 0.2) is 65.6 Å². The van der Waals surface area contributed by atoms with Crippen molar-refractivity contribution in [2.75, 3.05) is 4.90 Å². The van der Waals surface area contributed by atoms with Crippen molar-refractivity contribution in [2.45, 2.75) is 13.8 Å². The van der Waals surface area contributed by atoms with E-state index in [0.717, 1.165) is 34.4 Å². The van der Waals surface area contributed by atoms with Crippen LogP contribution in [-0.2, 0) is 4.79 Å². The molecule has 0 spiro atoms. The number of aryl methyl sites for hydroxylation is 1. The Morgan fingerprint density at radius 3 is 2.29 bits per heavy atom. The van der Waals surface area contributed by atoms with Gasteiger partial charge in [0, 0.05) is 17.1 Å². The van der Waals surface area contributed by atoms with Crippen molar-refractivity contribution in [1.29, 1.82) is 0 Å². The smallest absolute Gasteiger partial charge is 0.298 e. The molecular formula is C22H17FN2O2S. The minimum atomic E-state index is -0.326. The Hall–Kier alpha value is -3.12. The van der Waals surface area contributed by atoms with Crippen LogP contribution >= 0.6 is 11.8 Å². The number of rotatable bonds is 3. The average molecular weight is 392 g/mol. The highest BCUT2D eigenvalue weighted by Gasteiger charge is 2.36. The molecule has 1 aliphatic rings. The van der Waals surface area contributed by atoms with E-state index in [1.54, 1.807) is 42.5 Å². The van der Waals surface area contributed by atoms with Gasteiger partial charge in [-0.05, 0) is 79.7 Å². The summed E-state index contributed by atoms with van der Waals surface area (Å²) in [6.07, 6.45) is 1.75. The zero-order valence-corrected chi connectivity index (χ0v) is 16.2. The largest absolute Gasteiger partial charge is 0.318 e. The van der Waals surface area contributed by atoms with Crippen LogP contribution in [0.3, 0.4) is 0 Å². The fourth-order valence-corrected chi connectivity index (χ4v) is 4.16. The van der Waals surface area contributed by atoms with Crippen molar-refractivity contribution in [1.82, 2.24) is 4.57 Å². The molecule has 1 fully saturated rings. The van der Waals surface area contributed by atoms with Crippen LogP contribution in [-0.4, -0.2) is 15.7 Å². The molecule has 1 aliphatic heterocycles. The summed E-state index contributed by atoms with van der Waals surface area (Å²) >= 11 is 0.933. The molecule has 2 aromatic carbocycles. The lowest BCUT2D eigenvalue weighted by molar-refractivity contribution is -0.113. The van der Waals surface area contributed by atoms with Crippen LogP contribution in [0.2, 0.25) is 0 Å². The standard InChI is InChI=1S/C22H17FN2O2S/c1-14-12-16(15(2)24(14)19-10-8-17(23)9-11-19)13-20-21(26)25(22(27)28-20)18-6-4-3-5-7-18/h3-13H,1-2H3. The summed E-state index contributed by atoms with van der Waals surface area (Å²) in [6.45, 7) is 3.88. The first-order valence-electron chi connectivity index (χ1n) is 8.73. The molecule has 4 nitrogen and oxygen atoms in total. The molecule has 0 bridgehead atoms. The third kappa shape index (κ3) is 3.16. The van der Waals surface area contributed by atoms with Gasteiger partial charge >= 0.3 is 0 Å². The van der Waals surface area contributed by atoms with E-state index in [1.807, 2.05) is 30.5 Å². The third-order valence-corrected chi connectivity index (χ3v) is 5.52. The molecule has 2 heterocycles. The van der Waals surface area contributed by atoms with Gasteiger partial charge in [-0.3, -0.25) is 9.59 Å². The number of hydrogen-bond donors (Lipinski definition) is 0. The average Bonchev–Trinajstić information content (AvgIpc) is 3.12. The van der Waals surface area contributed by atoms with E-state index in [9.17, 15) is 14.0 Å². The third-order valence-electron chi connectivity index (χ3n) is 4.65. The molecular weight excluding hydrogens is 375 g/mol. The lowest BCUT2D eigenvalue weighted by atomic mass is 10.2. The summed E-state index contributed by atoms with van der Waals surface area (Å²) in [5, 5.41) is -0.310. The van der Waals surface area contributed by atoms with Gasteiger partial charge < -0.3 is 4.57 Å². The molecule has 0 aliphatic carbocycles. The first-order valence-corrected chi connectivity index (χ1v) is 9.55. The zero-order chi connectivity index (χ0) is 19.8. The van der Waals surface area contributed by atoms with Crippen LogP contribution in [0.25, 0.3) is 11.8 Å². The molecule has 28 heavy (non-hydrogen) atoms. The number of halogens is 1. The van der Waals surface area contributed by atoms with Gasteiger partial charge in [-0.1, -0.05) is 18.2 Å². The number of imide groups is 1. The maximum Gasteiger partial charge on any atom is 0.298 e. The summed E-state index contributed by atoms with van der Waals surface area (Å²) in [5.41, 5.74) is 4.12. The summed E-state index contributed by atoms with van der Waals surface area (Å²) in [4.78, 5) is 26.8. The van der Waals surface area contributed by atoms with Gasteiger partial charge in [0.25, 0.3) is 11.1 Å². The molecule has 0 atom stereocenters. The van der Waals surface area contributed by atoms with E-state index < -0.39 is 0 Å². The van der Waals surface area contributed by atoms with Gasteiger partial charge in [-0.2, -0.15) is 0 Å². The van der Waals surface area contributed by atoms with Crippen molar-refractivity contribution >= 4 is 34.7 Å². The summed E-state index contributed by atoms with van der Waals surface area (Å²) in [7, 11) is 0. The lowest BCUT2D eigenvalue weighted by Crippen LogP contribution is -2.27. The van der Waals surface area contributed by atoms with E-state index in [-0.39, 0.29) is 17.0 Å². The highest BCUT2D eigenvalue weighted by molar-refractivity contribution is 8.19. The first kappa shape index (κ1) is 18.3. The zero-order valence-electron chi connectivity index (χ0n) is 15.3. The number of aromatic nitrogens is 1. The van der Waals surface area contributed by atoms with Gasteiger partial charge in [-0.25, -0.2) is 9.29 Å². The molecule has 0 unspecified atom stereocenters.